The first-order chi connectivity index (χ1) is 12.2. The molecule has 0 bridgehead atoms. The number of amides is 1. The van der Waals surface area contributed by atoms with Crippen LogP contribution in [0.15, 0.2) is 60.0 Å². The largest absolute Gasteiger partial charge is 0.495 e. The smallest absolute Gasteiger partial charge is 0.255 e. The second-order valence-corrected chi connectivity index (χ2v) is 6.34. The monoisotopic (exact) mass is 356 g/mol. The van der Waals surface area contributed by atoms with Gasteiger partial charge in [-0.15, -0.1) is 11.3 Å². The zero-order valence-corrected chi connectivity index (χ0v) is 14.4. The maximum atomic E-state index is 13.0. The lowest BCUT2D eigenvalue weighted by atomic mass is 10.1. The first-order valence-corrected chi connectivity index (χ1v) is 8.55. The highest BCUT2D eigenvalue weighted by atomic mass is 32.1. The summed E-state index contributed by atoms with van der Waals surface area (Å²) in [5.41, 5.74) is 1.76. The van der Waals surface area contributed by atoms with Crippen molar-refractivity contribution in [2.75, 3.05) is 17.7 Å². The Kier molecular flexibility index (Phi) is 5.30. The van der Waals surface area contributed by atoms with Crippen LogP contribution in [0.25, 0.3) is 0 Å². The highest BCUT2D eigenvalue weighted by Gasteiger charge is 2.11. The van der Waals surface area contributed by atoms with Crippen LogP contribution in [0.3, 0.4) is 0 Å². The van der Waals surface area contributed by atoms with Crippen molar-refractivity contribution in [1.82, 2.24) is 0 Å². The third kappa shape index (κ3) is 4.36. The Morgan fingerprint density at radius 2 is 1.96 bits per heavy atom. The lowest BCUT2D eigenvalue weighted by molar-refractivity contribution is 0.102. The number of benzene rings is 2. The standard InChI is InChI=1S/C19H17FN2O2S/c1-24-18-9-4-13(11-17(18)21-12-16-3-2-10-25-16)19(23)22-15-7-5-14(20)6-8-15/h2-11,21H,12H2,1H3,(H,22,23). The zero-order valence-electron chi connectivity index (χ0n) is 13.6. The number of methoxy groups -OCH3 is 1. The molecule has 0 radical (unpaired) electrons. The van der Waals surface area contributed by atoms with Crippen molar-refractivity contribution in [3.63, 3.8) is 0 Å². The molecule has 3 aromatic rings. The van der Waals surface area contributed by atoms with Crippen LogP contribution in [0.5, 0.6) is 5.75 Å². The van der Waals surface area contributed by atoms with Crippen LogP contribution in [0.1, 0.15) is 15.2 Å². The molecule has 4 nitrogen and oxygen atoms in total. The zero-order chi connectivity index (χ0) is 17.6. The number of nitrogens with one attached hydrogen (secondary N) is 2. The summed E-state index contributed by atoms with van der Waals surface area (Å²) in [5, 5.41) is 8.05. The molecule has 25 heavy (non-hydrogen) atoms. The second kappa shape index (κ2) is 7.81. The van der Waals surface area contributed by atoms with Crippen LogP contribution in [0.4, 0.5) is 15.8 Å². The number of rotatable bonds is 6. The fourth-order valence-electron chi connectivity index (χ4n) is 2.32. The Bertz CT molecular complexity index is 848. The average Bonchev–Trinajstić information content (AvgIpc) is 3.15. The van der Waals surface area contributed by atoms with Crippen LogP contribution < -0.4 is 15.4 Å². The first kappa shape index (κ1) is 17.0. The Balaban J connectivity index is 1.75. The first-order valence-electron chi connectivity index (χ1n) is 7.67. The number of ether oxygens (including phenoxy) is 1. The predicted octanol–water partition coefficient (Wildman–Crippen LogP) is 4.76. The third-order valence-electron chi connectivity index (χ3n) is 3.60. The highest BCUT2D eigenvalue weighted by molar-refractivity contribution is 7.09. The summed E-state index contributed by atoms with van der Waals surface area (Å²) in [5.74, 6) is 0.0471. The van der Waals surface area contributed by atoms with Gasteiger partial charge in [0.1, 0.15) is 11.6 Å². The SMILES string of the molecule is COc1ccc(C(=O)Nc2ccc(F)cc2)cc1NCc1cccs1. The molecule has 2 N–H and O–H groups in total. The van der Waals surface area contributed by atoms with Gasteiger partial charge in [0.05, 0.1) is 12.8 Å². The quantitative estimate of drug-likeness (QED) is 0.669. The molecule has 3 rings (SSSR count). The van der Waals surface area contributed by atoms with Gasteiger partial charge in [-0.2, -0.15) is 0 Å². The summed E-state index contributed by atoms with van der Waals surface area (Å²) in [4.78, 5) is 13.6. The van der Waals surface area contributed by atoms with E-state index in [9.17, 15) is 9.18 Å². The summed E-state index contributed by atoms with van der Waals surface area (Å²) in [6.07, 6.45) is 0. The number of hydrogen-bond donors (Lipinski definition) is 2. The predicted molar refractivity (Wildman–Crippen MR) is 99.0 cm³/mol. The maximum absolute atomic E-state index is 13.0. The Morgan fingerprint density at radius 3 is 2.64 bits per heavy atom. The molecule has 0 aliphatic rings. The van der Waals surface area contributed by atoms with E-state index >= 15 is 0 Å². The second-order valence-electron chi connectivity index (χ2n) is 5.31. The van der Waals surface area contributed by atoms with Crippen molar-refractivity contribution in [3.05, 3.63) is 76.2 Å². The Labute approximate surface area is 149 Å². The van der Waals surface area contributed by atoms with Gasteiger partial charge in [0, 0.05) is 22.7 Å². The van der Waals surface area contributed by atoms with E-state index in [1.807, 2.05) is 17.5 Å². The van der Waals surface area contributed by atoms with Gasteiger partial charge in [0.2, 0.25) is 0 Å². The number of carbonyl (C=O) groups is 1. The van der Waals surface area contributed by atoms with E-state index in [2.05, 4.69) is 10.6 Å². The average molecular weight is 356 g/mol. The van der Waals surface area contributed by atoms with Crippen molar-refractivity contribution in [2.45, 2.75) is 6.54 Å². The van der Waals surface area contributed by atoms with Crippen molar-refractivity contribution in [1.29, 1.82) is 0 Å². The molecule has 0 fully saturated rings. The summed E-state index contributed by atoms with van der Waals surface area (Å²) < 4.78 is 18.3. The molecule has 1 aromatic heterocycles. The van der Waals surface area contributed by atoms with E-state index < -0.39 is 0 Å². The molecule has 128 valence electrons. The van der Waals surface area contributed by atoms with Gasteiger partial charge in [-0.3, -0.25) is 4.79 Å². The van der Waals surface area contributed by atoms with Crippen LogP contribution >= 0.6 is 11.3 Å². The lowest BCUT2D eigenvalue weighted by Gasteiger charge is -2.13. The summed E-state index contributed by atoms with van der Waals surface area (Å²) >= 11 is 1.66. The van der Waals surface area contributed by atoms with Gasteiger partial charge in [0.25, 0.3) is 5.91 Å². The molecule has 0 saturated heterocycles. The minimum absolute atomic E-state index is 0.270. The van der Waals surface area contributed by atoms with E-state index in [0.29, 0.717) is 23.5 Å². The number of hydrogen-bond acceptors (Lipinski definition) is 4. The molecule has 0 saturated carbocycles. The minimum atomic E-state index is -0.345. The Hall–Kier alpha value is -2.86. The molecule has 1 amide bonds. The van der Waals surface area contributed by atoms with Crippen LogP contribution in [0, 0.1) is 5.82 Å². The topological polar surface area (TPSA) is 50.4 Å². The molecular formula is C19H17FN2O2S. The minimum Gasteiger partial charge on any atom is -0.495 e. The summed E-state index contributed by atoms with van der Waals surface area (Å²) in [6.45, 7) is 0.650. The summed E-state index contributed by atoms with van der Waals surface area (Å²) in [6, 6.07) is 14.9. The Morgan fingerprint density at radius 1 is 1.16 bits per heavy atom. The molecular weight excluding hydrogens is 339 g/mol. The van der Waals surface area contributed by atoms with E-state index in [1.54, 1.807) is 36.6 Å². The molecule has 0 unspecified atom stereocenters. The van der Waals surface area contributed by atoms with E-state index in [-0.39, 0.29) is 11.7 Å². The molecule has 2 aromatic carbocycles. The molecule has 0 aliphatic carbocycles. The molecule has 0 spiro atoms. The van der Waals surface area contributed by atoms with E-state index in [1.165, 1.54) is 29.1 Å². The number of carbonyl (C=O) groups excluding carboxylic acids is 1. The van der Waals surface area contributed by atoms with Gasteiger partial charge < -0.3 is 15.4 Å². The molecule has 6 heteroatoms. The lowest BCUT2D eigenvalue weighted by Crippen LogP contribution is -2.12. The van der Waals surface area contributed by atoms with Gasteiger partial charge in [-0.1, -0.05) is 6.07 Å². The fourth-order valence-corrected chi connectivity index (χ4v) is 2.96. The van der Waals surface area contributed by atoms with Gasteiger partial charge in [0.15, 0.2) is 0 Å². The highest BCUT2D eigenvalue weighted by Crippen LogP contribution is 2.27. The van der Waals surface area contributed by atoms with E-state index in [4.69, 9.17) is 4.74 Å². The van der Waals surface area contributed by atoms with E-state index in [0.717, 1.165) is 5.69 Å². The number of anilines is 2. The van der Waals surface area contributed by atoms with Crippen molar-refractivity contribution in [3.8, 4) is 5.75 Å². The van der Waals surface area contributed by atoms with Gasteiger partial charge >= 0.3 is 0 Å². The van der Waals surface area contributed by atoms with Gasteiger partial charge in [-0.25, -0.2) is 4.39 Å². The third-order valence-corrected chi connectivity index (χ3v) is 4.47. The van der Waals surface area contributed by atoms with Gasteiger partial charge in [-0.05, 0) is 53.9 Å². The van der Waals surface area contributed by atoms with Crippen molar-refractivity contribution >= 4 is 28.6 Å². The van der Waals surface area contributed by atoms with Crippen molar-refractivity contribution in [2.24, 2.45) is 0 Å². The molecule has 0 atom stereocenters. The van der Waals surface area contributed by atoms with Crippen LogP contribution in [0.2, 0.25) is 0 Å². The fraction of sp³-hybridized carbons (Fsp3) is 0.105. The normalized spacial score (nSPS) is 10.3. The number of thiophene rings is 1. The summed E-state index contributed by atoms with van der Waals surface area (Å²) in [7, 11) is 1.59. The maximum Gasteiger partial charge on any atom is 0.255 e. The van der Waals surface area contributed by atoms with Crippen LogP contribution in [-0.4, -0.2) is 13.0 Å². The molecule has 1 heterocycles. The van der Waals surface area contributed by atoms with Crippen LogP contribution in [-0.2, 0) is 6.54 Å². The molecule has 0 aliphatic heterocycles. The number of halogens is 1. The van der Waals surface area contributed by atoms with Crippen molar-refractivity contribution < 1.29 is 13.9 Å².